The molecule has 20 heavy (non-hydrogen) atoms. The Balaban J connectivity index is 2.48. The minimum Gasteiger partial charge on any atom is -0.481 e. The fraction of sp³-hybridized carbons (Fsp3) is 0.467. The van der Waals surface area contributed by atoms with Crippen molar-refractivity contribution in [2.45, 2.75) is 32.1 Å². The fourth-order valence-corrected chi connectivity index (χ4v) is 2.83. The van der Waals surface area contributed by atoms with E-state index in [-0.39, 0.29) is 18.4 Å². The van der Waals surface area contributed by atoms with E-state index in [9.17, 15) is 9.59 Å². The number of hydrogen-bond acceptors (Lipinski definition) is 3. The van der Waals surface area contributed by atoms with E-state index in [2.05, 4.69) is 5.32 Å². The lowest BCUT2D eigenvalue weighted by atomic mass is 10.1. The van der Waals surface area contributed by atoms with Crippen LogP contribution >= 0.6 is 11.8 Å². The highest BCUT2D eigenvalue weighted by molar-refractivity contribution is 7.98. The second kappa shape index (κ2) is 8.64. The molecule has 1 unspecified atom stereocenters. The van der Waals surface area contributed by atoms with Crippen LogP contribution in [0.5, 0.6) is 0 Å². The van der Waals surface area contributed by atoms with Gasteiger partial charge in [0.25, 0.3) is 0 Å². The Morgan fingerprint density at radius 3 is 2.45 bits per heavy atom. The smallest absolute Gasteiger partial charge is 0.304 e. The van der Waals surface area contributed by atoms with Gasteiger partial charge in [0.1, 0.15) is 0 Å². The molecule has 0 aliphatic carbocycles. The minimum absolute atomic E-state index is 0.0259. The highest BCUT2D eigenvalue weighted by atomic mass is 32.2. The van der Waals surface area contributed by atoms with Crippen LogP contribution in [0.3, 0.4) is 0 Å². The average Bonchev–Trinajstić information content (AvgIpc) is 2.37. The molecule has 1 amide bonds. The van der Waals surface area contributed by atoms with E-state index in [1.54, 1.807) is 11.8 Å². The van der Waals surface area contributed by atoms with E-state index in [4.69, 9.17) is 5.11 Å². The van der Waals surface area contributed by atoms with Crippen LogP contribution in [0, 0.1) is 5.92 Å². The Hall–Kier alpha value is -1.49. The summed E-state index contributed by atoms with van der Waals surface area (Å²) in [7, 11) is 0. The first kappa shape index (κ1) is 16.6. The molecule has 0 saturated heterocycles. The summed E-state index contributed by atoms with van der Waals surface area (Å²) < 4.78 is 0. The molecule has 0 aliphatic rings. The standard InChI is InChI=1S/C15H21NO3S/c1-11(2)16-15(19)13(8-14(17)18)10-20-9-12-6-4-3-5-7-12/h3-7,11,13H,8-10H2,1-2H3,(H,16,19)(H,17,18). The molecular formula is C15H21NO3S. The lowest BCUT2D eigenvalue weighted by molar-refractivity contribution is -0.140. The number of aliphatic carboxylic acids is 1. The summed E-state index contributed by atoms with van der Waals surface area (Å²) >= 11 is 1.59. The number of thioether (sulfide) groups is 1. The van der Waals surface area contributed by atoms with Crippen molar-refractivity contribution < 1.29 is 14.7 Å². The molecule has 0 aromatic heterocycles. The maximum Gasteiger partial charge on any atom is 0.304 e. The van der Waals surface area contributed by atoms with Crippen molar-refractivity contribution in [2.75, 3.05) is 5.75 Å². The predicted molar refractivity (Wildman–Crippen MR) is 81.6 cm³/mol. The topological polar surface area (TPSA) is 66.4 Å². The van der Waals surface area contributed by atoms with E-state index >= 15 is 0 Å². The molecule has 5 heteroatoms. The third-order valence-electron chi connectivity index (χ3n) is 2.65. The van der Waals surface area contributed by atoms with Gasteiger partial charge < -0.3 is 10.4 Å². The molecule has 0 radical (unpaired) electrons. The van der Waals surface area contributed by atoms with Crippen LogP contribution in [0.15, 0.2) is 30.3 Å². The first-order chi connectivity index (χ1) is 9.49. The van der Waals surface area contributed by atoms with Gasteiger partial charge >= 0.3 is 5.97 Å². The lowest BCUT2D eigenvalue weighted by Gasteiger charge is -2.16. The van der Waals surface area contributed by atoms with Gasteiger partial charge in [-0.25, -0.2) is 0 Å². The van der Waals surface area contributed by atoms with E-state index in [1.165, 1.54) is 5.56 Å². The molecule has 0 spiro atoms. The van der Waals surface area contributed by atoms with Crippen LogP contribution < -0.4 is 5.32 Å². The first-order valence-corrected chi connectivity index (χ1v) is 7.78. The van der Waals surface area contributed by atoms with Crippen LogP contribution in [0.4, 0.5) is 0 Å². The molecule has 1 rings (SSSR count). The second-order valence-corrected chi connectivity index (χ2v) is 5.99. The van der Waals surface area contributed by atoms with Crippen molar-refractivity contribution in [1.82, 2.24) is 5.32 Å². The van der Waals surface area contributed by atoms with Gasteiger partial charge in [-0.1, -0.05) is 30.3 Å². The summed E-state index contributed by atoms with van der Waals surface area (Å²) in [5.74, 6) is -0.299. The second-order valence-electron chi connectivity index (χ2n) is 4.96. The quantitative estimate of drug-likeness (QED) is 0.773. The van der Waals surface area contributed by atoms with Crippen molar-refractivity contribution in [1.29, 1.82) is 0 Å². The molecule has 0 bridgehead atoms. The van der Waals surface area contributed by atoms with Gasteiger partial charge in [-0.2, -0.15) is 11.8 Å². The number of hydrogen-bond donors (Lipinski definition) is 2. The molecular weight excluding hydrogens is 274 g/mol. The average molecular weight is 295 g/mol. The third kappa shape index (κ3) is 6.61. The maximum absolute atomic E-state index is 11.9. The molecule has 4 nitrogen and oxygen atoms in total. The normalized spacial score (nSPS) is 12.2. The Morgan fingerprint density at radius 1 is 1.25 bits per heavy atom. The number of carboxylic acids is 1. The fourth-order valence-electron chi connectivity index (χ4n) is 1.73. The Kier molecular flexibility index (Phi) is 7.15. The number of amides is 1. The van der Waals surface area contributed by atoms with Crippen molar-refractivity contribution in [3.05, 3.63) is 35.9 Å². The molecule has 0 fully saturated rings. The van der Waals surface area contributed by atoms with Crippen LogP contribution in [0.25, 0.3) is 0 Å². The predicted octanol–water partition coefficient (Wildman–Crippen LogP) is 2.54. The molecule has 1 aromatic rings. The molecule has 0 aliphatic heterocycles. The Labute approximate surface area is 124 Å². The number of carbonyl (C=O) groups excluding carboxylic acids is 1. The summed E-state index contributed by atoms with van der Waals surface area (Å²) in [6.07, 6.45) is -0.125. The minimum atomic E-state index is -0.936. The molecule has 2 N–H and O–H groups in total. The van der Waals surface area contributed by atoms with Crippen molar-refractivity contribution in [3.8, 4) is 0 Å². The van der Waals surface area contributed by atoms with Gasteiger partial charge in [0, 0.05) is 17.5 Å². The summed E-state index contributed by atoms with van der Waals surface area (Å²) in [4.78, 5) is 22.8. The van der Waals surface area contributed by atoms with Crippen LogP contribution in [-0.2, 0) is 15.3 Å². The zero-order valence-corrected chi connectivity index (χ0v) is 12.7. The number of carboxylic acid groups (broad SMARTS) is 1. The highest BCUT2D eigenvalue weighted by Gasteiger charge is 2.22. The maximum atomic E-state index is 11.9. The van der Waals surface area contributed by atoms with Gasteiger partial charge in [0.05, 0.1) is 12.3 Å². The SMILES string of the molecule is CC(C)NC(=O)C(CSCc1ccccc1)CC(=O)O. The van der Waals surface area contributed by atoms with E-state index in [0.29, 0.717) is 5.75 Å². The van der Waals surface area contributed by atoms with E-state index < -0.39 is 11.9 Å². The van der Waals surface area contributed by atoms with E-state index in [0.717, 1.165) is 5.75 Å². The van der Waals surface area contributed by atoms with Crippen molar-refractivity contribution in [3.63, 3.8) is 0 Å². The molecule has 1 atom stereocenters. The first-order valence-electron chi connectivity index (χ1n) is 6.63. The number of carbonyl (C=O) groups is 2. The number of benzene rings is 1. The molecule has 1 aromatic carbocycles. The summed E-state index contributed by atoms with van der Waals surface area (Å²) in [6.45, 7) is 3.74. The monoisotopic (exact) mass is 295 g/mol. The third-order valence-corrected chi connectivity index (χ3v) is 3.83. The lowest BCUT2D eigenvalue weighted by Crippen LogP contribution is -2.37. The number of rotatable bonds is 8. The van der Waals surface area contributed by atoms with Gasteiger partial charge in [-0.3, -0.25) is 9.59 Å². The van der Waals surface area contributed by atoms with Crippen molar-refractivity contribution >= 4 is 23.6 Å². The molecule has 0 saturated carbocycles. The Bertz CT molecular complexity index is 434. The number of nitrogens with one attached hydrogen (secondary N) is 1. The van der Waals surface area contributed by atoms with Gasteiger partial charge in [-0.15, -0.1) is 0 Å². The summed E-state index contributed by atoms with van der Waals surface area (Å²) in [6, 6.07) is 9.96. The summed E-state index contributed by atoms with van der Waals surface area (Å²) in [5, 5.41) is 11.7. The van der Waals surface area contributed by atoms with Crippen LogP contribution in [-0.4, -0.2) is 28.8 Å². The molecule has 0 heterocycles. The summed E-state index contributed by atoms with van der Waals surface area (Å²) in [5.41, 5.74) is 1.18. The van der Waals surface area contributed by atoms with Crippen molar-refractivity contribution in [2.24, 2.45) is 5.92 Å². The van der Waals surface area contributed by atoms with Gasteiger partial charge in [-0.05, 0) is 19.4 Å². The van der Waals surface area contributed by atoms with Crippen LogP contribution in [0.1, 0.15) is 25.8 Å². The van der Waals surface area contributed by atoms with Gasteiger partial charge in [0.2, 0.25) is 5.91 Å². The van der Waals surface area contributed by atoms with E-state index in [1.807, 2.05) is 44.2 Å². The van der Waals surface area contributed by atoms with Crippen LogP contribution in [0.2, 0.25) is 0 Å². The Morgan fingerprint density at radius 2 is 1.90 bits per heavy atom. The highest BCUT2D eigenvalue weighted by Crippen LogP contribution is 2.18. The molecule has 110 valence electrons. The zero-order valence-electron chi connectivity index (χ0n) is 11.8. The zero-order chi connectivity index (χ0) is 15.0. The van der Waals surface area contributed by atoms with Gasteiger partial charge in [0.15, 0.2) is 0 Å². The largest absolute Gasteiger partial charge is 0.481 e.